The van der Waals surface area contributed by atoms with Gasteiger partial charge in [0.25, 0.3) is 0 Å². The van der Waals surface area contributed by atoms with Gasteiger partial charge in [0.1, 0.15) is 0 Å². The van der Waals surface area contributed by atoms with Gasteiger partial charge < -0.3 is 0 Å². The fraction of sp³-hybridized carbons (Fsp3) is 0.400. The van der Waals surface area contributed by atoms with E-state index in [-0.39, 0.29) is 6.04 Å². The minimum absolute atomic E-state index is 0.184. The number of nitrogens with one attached hydrogen (secondary N) is 1. The van der Waals surface area contributed by atoms with E-state index in [2.05, 4.69) is 17.4 Å². The van der Waals surface area contributed by atoms with Gasteiger partial charge in [-0.2, -0.15) is 5.10 Å². The number of nitrogens with zero attached hydrogens (tertiary/aromatic N) is 2. The van der Waals surface area contributed by atoms with Crippen LogP contribution in [0, 0.1) is 0 Å². The predicted molar refractivity (Wildman–Crippen MR) is 77.8 cm³/mol. The summed E-state index contributed by atoms with van der Waals surface area (Å²) >= 11 is 0. The van der Waals surface area contributed by atoms with Crippen molar-refractivity contribution < 1.29 is 0 Å². The van der Waals surface area contributed by atoms with E-state index >= 15 is 0 Å². The number of hydrazine groups is 1. The standard InChI is InChI=1S/C15H22N4/c1-2-3-5-10-15(18-16)13-11-17-19(12-13)14-8-6-4-7-9-14/h4,6-9,11-12,15,18H,2-3,5,10,16H2,1H3. The zero-order valence-electron chi connectivity index (χ0n) is 11.4. The number of rotatable bonds is 7. The van der Waals surface area contributed by atoms with Crippen LogP contribution in [0.5, 0.6) is 0 Å². The molecule has 0 fully saturated rings. The monoisotopic (exact) mass is 258 g/mol. The smallest absolute Gasteiger partial charge is 0.0645 e. The first-order valence-electron chi connectivity index (χ1n) is 6.91. The number of hydrogen-bond acceptors (Lipinski definition) is 3. The molecule has 0 aliphatic carbocycles. The Morgan fingerprint density at radius 3 is 2.74 bits per heavy atom. The lowest BCUT2D eigenvalue weighted by Crippen LogP contribution is -2.27. The van der Waals surface area contributed by atoms with Crippen molar-refractivity contribution in [3.8, 4) is 5.69 Å². The Bertz CT molecular complexity index is 478. The van der Waals surface area contributed by atoms with Crippen LogP contribution < -0.4 is 11.3 Å². The highest BCUT2D eigenvalue weighted by Crippen LogP contribution is 2.19. The van der Waals surface area contributed by atoms with Gasteiger partial charge in [-0.05, 0) is 18.6 Å². The molecule has 0 aliphatic rings. The van der Waals surface area contributed by atoms with Gasteiger partial charge in [0.15, 0.2) is 0 Å². The molecule has 0 spiro atoms. The van der Waals surface area contributed by atoms with Gasteiger partial charge >= 0.3 is 0 Å². The molecule has 1 unspecified atom stereocenters. The molecule has 3 N–H and O–H groups in total. The zero-order chi connectivity index (χ0) is 13.5. The Labute approximate surface area is 114 Å². The lowest BCUT2D eigenvalue weighted by atomic mass is 10.0. The van der Waals surface area contributed by atoms with E-state index in [1.807, 2.05) is 47.4 Å². The fourth-order valence-electron chi connectivity index (χ4n) is 2.18. The van der Waals surface area contributed by atoms with E-state index in [9.17, 15) is 0 Å². The summed E-state index contributed by atoms with van der Waals surface area (Å²) in [5.74, 6) is 5.65. The minimum Gasteiger partial charge on any atom is -0.271 e. The largest absolute Gasteiger partial charge is 0.271 e. The van der Waals surface area contributed by atoms with Crippen molar-refractivity contribution in [1.82, 2.24) is 15.2 Å². The second-order valence-electron chi connectivity index (χ2n) is 4.77. The molecule has 0 saturated carbocycles. The molecule has 0 saturated heterocycles. The Balaban J connectivity index is 2.06. The molecular weight excluding hydrogens is 236 g/mol. The van der Waals surface area contributed by atoms with Gasteiger partial charge in [-0.25, -0.2) is 4.68 Å². The van der Waals surface area contributed by atoms with E-state index in [4.69, 9.17) is 5.84 Å². The number of nitrogens with two attached hydrogens (primary N) is 1. The number of hydrogen-bond donors (Lipinski definition) is 2. The molecule has 0 bridgehead atoms. The summed E-state index contributed by atoms with van der Waals surface area (Å²) in [6, 6.07) is 10.3. The molecule has 2 rings (SSSR count). The van der Waals surface area contributed by atoms with Gasteiger partial charge in [0.05, 0.1) is 11.9 Å². The summed E-state index contributed by atoms with van der Waals surface area (Å²) in [7, 11) is 0. The van der Waals surface area contributed by atoms with Gasteiger partial charge in [0, 0.05) is 17.8 Å². The molecule has 4 nitrogen and oxygen atoms in total. The van der Waals surface area contributed by atoms with Crippen molar-refractivity contribution in [3.63, 3.8) is 0 Å². The quantitative estimate of drug-likeness (QED) is 0.456. The Kier molecular flexibility index (Phi) is 5.12. The SMILES string of the molecule is CCCCCC(NN)c1cnn(-c2ccccc2)c1. The summed E-state index contributed by atoms with van der Waals surface area (Å²) in [5, 5.41) is 4.40. The highest BCUT2D eigenvalue weighted by molar-refractivity contribution is 5.31. The Morgan fingerprint density at radius 2 is 2.05 bits per heavy atom. The molecule has 1 atom stereocenters. The molecule has 1 heterocycles. The number of aromatic nitrogens is 2. The molecule has 2 aromatic rings. The average molecular weight is 258 g/mol. The van der Waals surface area contributed by atoms with Crippen LogP contribution in [0.2, 0.25) is 0 Å². The van der Waals surface area contributed by atoms with E-state index in [1.165, 1.54) is 19.3 Å². The van der Waals surface area contributed by atoms with Crippen molar-refractivity contribution in [2.75, 3.05) is 0 Å². The predicted octanol–water partition coefficient (Wildman–Crippen LogP) is 2.96. The molecule has 0 radical (unpaired) electrons. The molecular formula is C15H22N4. The molecule has 0 amide bonds. The van der Waals surface area contributed by atoms with Crippen LogP contribution in [-0.2, 0) is 0 Å². The first-order chi connectivity index (χ1) is 9.35. The van der Waals surface area contributed by atoms with Crippen molar-refractivity contribution >= 4 is 0 Å². The normalized spacial score (nSPS) is 12.5. The summed E-state index contributed by atoms with van der Waals surface area (Å²) in [6.07, 6.45) is 8.63. The summed E-state index contributed by atoms with van der Waals surface area (Å²) < 4.78 is 1.89. The average Bonchev–Trinajstić information content (AvgIpc) is 2.94. The molecule has 0 aliphatic heterocycles. The maximum absolute atomic E-state index is 5.65. The third-order valence-corrected chi connectivity index (χ3v) is 3.32. The van der Waals surface area contributed by atoms with Crippen molar-refractivity contribution in [1.29, 1.82) is 0 Å². The number of para-hydroxylation sites is 1. The topological polar surface area (TPSA) is 55.9 Å². The van der Waals surface area contributed by atoms with Crippen LogP contribution in [0.1, 0.15) is 44.2 Å². The Hall–Kier alpha value is -1.65. The van der Waals surface area contributed by atoms with Crippen molar-refractivity contribution in [2.24, 2.45) is 5.84 Å². The molecule has 1 aromatic carbocycles. The van der Waals surface area contributed by atoms with Crippen molar-refractivity contribution in [2.45, 2.75) is 38.6 Å². The second-order valence-corrected chi connectivity index (χ2v) is 4.77. The summed E-state index contributed by atoms with van der Waals surface area (Å²) in [6.45, 7) is 2.21. The second kappa shape index (κ2) is 7.07. The van der Waals surface area contributed by atoms with E-state index in [1.54, 1.807) is 0 Å². The van der Waals surface area contributed by atoms with Crippen molar-refractivity contribution in [3.05, 3.63) is 48.3 Å². The van der Waals surface area contributed by atoms with E-state index < -0.39 is 0 Å². The van der Waals surface area contributed by atoms with Gasteiger partial charge in [-0.1, -0.05) is 44.4 Å². The Morgan fingerprint density at radius 1 is 1.26 bits per heavy atom. The van der Waals surface area contributed by atoms with Gasteiger partial charge in [0.2, 0.25) is 0 Å². The van der Waals surface area contributed by atoms with Crippen LogP contribution in [-0.4, -0.2) is 9.78 Å². The maximum Gasteiger partial charge on any atom is 0.0645 e. The van der Waals surface area contributed by atoms with Crippen LogP contribution in [0.3, 0.4) is 0 Å². The lowest BCUT2D eigenvalue weighted by molar-refractivity contribution is 0.487. The van der Waals surface area contributed by atoms with Crippen LogP contribution >= 0.6 is 0 Å². The third kappa shape index (κ3) is 3.66. The van der Waals surface area contributed by atoms with Crippen LogP contribution in [0.15, 0.2) is 42.7 Å². The van der Waals surface area contributed by atoms with Crippen LogP contribution in [0.4, 0.5) is 0 Å². The molecule has 19 heavy (non-hydrogen) atoms. The highest BCUT2D eigenvalue weighted by atomic mass is 15.3. The molecule has 4 heteroatoms. The van der Waals surface area contributed by atoms with Gasteiger partial charge in [-0.3, -0.25) is 11.3 Å². The summed E-state index contributed by atoms with van der Waals surface area (Å²) in [4.78, 5) is 0. The highest BCUT2D eigenvalue weighted by Gasteiger charge is 2.11. The van der Waals surface area contributed by atoms with E-state index in [0.717, 1.165) is 17.7 Å². The fourth-order valence-corrected chi connectivity index (χ4v) is 2.18. The van der Waals surface area contributed by atoms with Gasteiger partial charge in [-0.15, -0.1) is 0 Å². The lowest BCUT2D eigenvalue weighted by Gasteiger charge is -2.13. The summed E-state index contributed by atoms with van der Waals surface area (Å²) in [5.41, 5.74) is 5.10. The third-order valence-electron chi connectivity index (χ3n) is 3.32. The number of benzene rings is 1. The van der Waals surface area contributed by atoms with E-state index in [0.29, 0.717) is 0 Å². The minimum atomic E-state index is 0.184. The first-order valence-corrected chi connectivity index (χ1v) is 6.91. The maximum atomic E-state index is 5.65. The molecule has 1 aromatic heterocycles. The number of unbranched alkanes of at least 4 members (excludes halogenated alkanes) is 2. The van der Waals surface area contributed by atoms with Crippen LogP contribution in [0.25, 0.3) is 5.69 Å². The first kappa shape index (κ1) is 13.8. The zero-order valence-corrected chi connectivity index (χ0v) is 11.4. The molecule has 102 valence electrons.